The summed E-state index contributed by atoms with van der Waals surface area (Å²) in [5, 5.41) is 3.00. The number of aromatic nitrogens is 3. The first-order valence-electron chi connectivity index (χ1n) is 13.2. The predicted octanol–water partition coefficient (Wildman–Crippen LogP) is 6.54. The first-order chi connectivity index (χ1) is 19.9. The lowest BCUT2D eigenvalue weighted by Crippen LogP contribution is -2.28. The molecule has 13 heteroatoms. The van der Waals surface area contributed by atoms with Crippen molar-refractivity contribution in [2.75, 3.05) is 14.2 Å². The number of pyridine rings is 1. The smallest absolute Gasteiger partial charge is 0.435 e. The summed E-state index contributed by atoms with van der Waals surface area (Å²) in [6, 6.07) is 13.7. The Morgan fingerprint density at radius 2 is 1.86 bits per heavy atom. The SMILES string of the molecule is COP(=O)(OC)OC(C)(C)c1ccc(-c2ccc3nc4n(c3c2)CC[C@H]4NC(=O)c2cccc(OC(F)F)c2C)cn1. The minimum absolute atomic E-state index is 0.0348. The quantitative estimate of drug-likeness (QED) is 0.204. The van der Waals surface area contributed by atoms with Crippen molar-refractivity contribution in [2.24, 2.45) is 0 Å². The number of amides is 1. The molecule has 2 aromatic heterocycles. The van der Waals surface area contributed by atoms with E-state index in [1.165, 1.54) is 26.4 Å². The van der Waals surface area contributed by atoms with Crippen LogP contribution in [0.4, 0.5) is 8.78 Å². The Morgan fingerprint density at radius 3 is 2.52 bits per heavy atom. The lowest BCUT2D eigenvalue weighted by molar-refractivity contribution is -0.0503. The Kier molecular flexibility index (Phi) is 8.17. The summed E-state index contributed by atoms with van der Waals surface area (Å²) in [5.74, 6) is 0.303. The molecule has 222 valence electrons. The van der Waals surface area contributed by atoms with E-state index in [0.717, 1.165) is 28.0 Å². The summed E-state index contributed by atoms with van der Waals surface area (Å²) in [6.45, 7) is 2.70. The lowest BCUT2D eigenvalue weighted by Gasteiger charge is -2.27. The average Bonchev–Trinajstić information content (AvgIpc) is 3.53. The van der Waals surface area contributed by atoms with Gasteiger partial charge in [0.15, 0.2) is 0 Å². The molecule has 5 rings (SSSR count). The van der Waals surface area contributed by atoms with E-state index in [2.05, 4.69) is 19.6 Å². The van der Waals surface area contributed by atoms with Gasteiger partial charge in [-0.3, -0.25) is 23.3 Å². The van der Waals surface area contributed by atoms with Crippen LogP contribution in [-0.4, -0.2) is 41.3 Å². The van der Waals surface area contributed by atoms with Gasteiger partial charge in [0, 0.05) is 43.7 Å². The van der Waals surface area contributed by atoms with E-state index in [4.69, 9.17) is 18.6 Å². The van der Waals surface area contributed by atoms with E-state index < -0.39 is 20.0 Å². The third-order valence-electron chi connectivity index (χ3n) is 7.28. The summed E-state index contributed by atoms with van der Waals surface area (Å²) in [7, 11) is -1.21. The van der Waals surface area contributed by atoms with Crippen LogP contribution in [0.1, 0.15) is 53.7 Å². The molecule has 0 radical (unpaired) electrons. The fraction of sp³-hybridized carbons (Fsp3) is 0.345. The number of imidazole rings is 1. The van der Waals surface area contributed by atoms with Gasteiger partial charge in [0.25, 0.3) is 5.91 Å². The molecule has 1 N–H and O–H groups in total. The molecular formula is C29H31F2N4O6P. The van der Waals surface area contributed by atoms with Crippen molar-refractivity contribution in [1.29, 1.82) is 0 Å². The number of nitrogens with one attached hydrogen (secondary N) is 1. The van der Waals surface area contributed by atoms with Crippen LogP contribution in [-0.2, 0) is 30.3 Å². The van der Waals surface area contributed by atoms with Gasteiger partial charge in [-0.05, 0) is 63.1 Å². The summed E-state index contributed by atoms with van der Waals surface area (Å²) < 4.78 is 60.0. The molecular weight excluding hydrogens is 569 g/mol. The highest BCUT2D eigenvalue weighted by Gasteiger charge is 2.35. The number of carbonyl (C=O) groups is 1. The van der Waals surface area contributed by atoms with E-state index in [1.807, 2.05) is 24.3 Å². The number of rotatable bonds is 10. The Morgan fingerprint density at radius 1 is 1.12 bits per heavy atom. The molecule has 0 bridgehead atoms. The van der Waals surface area contributed by atoms with Gasteiger partial charge in [-0.2, -0.15) is 8.78 Å². The summed E-state index contributed by atoms with van der Waals surface area (Å²) >= 11 is 0. The molecule has 0 saturated heterocycles. The number of hydrogen-bond donors (Lipinski definition) is 1. The van der Waals surface area contributed by atoms with Crippen LogP contribution in [0.3, 0.4) is 0 Å². The molecule has 0 fully saturated rings. The van der Waals surface area contributed by atoms with E-state index in [1.54, 1.807) is 39.1 Å². The Labute approximate surface area is 241 Å². The largest absolute Gasteiger partial charge is 0.475 e. The average molecular weight is 601 g/mol. The van der Waals surface area contributed by atoms with Gasteiger partial charge in [-0.15, -0.1) is 0 Å². The molecule has 0 spiro atoms. The third-order valence-corrected chi connectivity index (χ3v) is 8.86. The van der Waals surface area contributed by atoms with Crippen LogP contribution in [0.5, 0.6) is 5.75 Å². The molecule has 10 nitrogen and oxygen atoms in total. The number of carbonyl (C=O) groups excluding carboxylic acids is 1. The molecule has 1 atom stereocenters. The molecule has 1 amide bonds. The van der Waals surface area contributed by atoms with Gasteiger partial charge in [0.1, 0.15) is 17.2 Å². The van der Waals surface area contributed by atoms with E-state index in [0.29, 0.717) is 24.2 Å². The van der Waals surface area contributed by atoms with Crippen molar-refractivity contribution in [3.63, 3.8) is 0 Å². The van der Waals surface area contributed by atoms with E-state index in [9.17, 15) is 18.1 Å². The second-order valence-electron chi connectivity index (χ2n) is 10.3. The van der Waals surface area contributed by atoms with Gasteiger partial charge >= 0.3 is 14.4 Å². The number of ether oxygens (including phenoxy) is 1. The minimum atomic E-state index is -3.72. The van der Waals surface area contributed by atoms with E-state index >= 15 is 0 Å². The minimum Gasteiger partial charge on any atom is -0.435 e. The number of hydrogen-bond acceptors (Lipinski definition) is 8. The molecule has 2 aromatic carbocycles. The van der Waals surface area contributed by atoms with Crippen molar-refractivity contribution in [1.82, 2.24) is 19.9 Å². The fourth-order valence-corrected chi connectivity index (χ4v) is 6.01. The molecule has 0 aliphatic carbocycles. The number of halogens is 2. The molecule has 1 aliphatic heterocycles. The van der Waals surface area contributed by atoms with Gasteiger partial charge in [0.2, 0.25) is 0 Å². The monoisotopic (exact) mass is 600 g/mol. The number of nitrogens with zero attached hydrogens (tertiary/aromatic N) is 3. The van der Waals surface area contributed by atoms with Gasteiger partial charge < -0.3 is 14.6 Å². The number of phosphoric ester groups is 1. The van der Waals surface area contributed by atoms with Crippen molar-refractivity contribution >= 4 is 24.8 Å². The first kappa shape index (κ1) is 29.8. The van der Waals surface area contributed by atoms with Gasteiger partial charge in [-0.1, -0.05) is 18.2 Å². The number of phosphoric acid groups is 1. The lowest BCUT2D eigenvalue weighted by atomic mass is 10.0. The highest BCUT2D eigenvalue weighted by Crippen LogP contribution is 2.53. The highest BCUT2D eigenvalue weighted by atomic mass is 31.2. The van der Waals surface area contributed by atoms with Crippen LogP contribution in [0.15, 0.2) is 54.7 Å². The maximum absolute atomic E-state index is 13.1. The summed E-state index contributed by atoms with van der Waals surface area (Å²) in [6.07, 6.45) is 2.35. The molecule has 4 aromatic rings. The normalized spacial score (nSPS) is 15.3. The number of alkyl halides is 2. The molecule has 1 aliphatic rings. The zero-order valence-corrected chi connectivity index (χ0v) is 24.7. The second-order valence-corrected chi connectivity index (χ2v) is 12.1. The maximum Gasteiger partial charge on any atom is 0.475 e. The van der Waals surface area contributed by atoms with Gasteiger partial charge in [-0.25, -0.2) is 9.55 Å². The van der Waals surface area contributed by atoms with Crippen LogP contribution >= 0.6 is 7.82 Å². The Bertz CT molecular complexity index is 1670. The fourth-order valence-electron chi connectivity index (χ4n) is 5.06. The molecule has 0 saturated carbocycles. The van der Waals surface area contributed by atoms with Crippen LogP contribution < -0.4 is 10.1 Å². The van der Waals surface area contributed by atoms with Crippen molar-refractivity contribution in [3.8, 4) is 16.9 Å². The highest BCUT2D eigenvalue weighted by molar-refractivity contribution is 7.48. The molecule has 3 heterocycles. The Hall–Kier alpha value is -3.70. The van der Waals surface area contributed by atoms with Crippen molar-refractivity contribution in [2.45, 2.75) is 52.0 Å². The summed E-state index contributed by atoms with van der Waals surface area (Å²) in [4.78, 5) is 22.4. The van der Waals surface area contributed by atoms with Crippen LogP contribution in [0, 0.1) is 6.92 Å². The Balaban J connectivity index is 1.36. The zero-order valence-electron chi connectivity index (χ0n) is 23.8. The second kappa shape index (κ2) is 11.5. The number of aryl methyl sites for hydroxylation is 1. The molecule has 42 heavy (non-hydrogen) atoms. The number of fused-ring (bicyclic) bond motifs is 3. The van der Waals surface area contributed by atoms with Crippen molar-refractivity contribution in [3.05, 3.63) is 77.4 Å². The number of benzene rings is 2. The third kappa shape index (κ3) is 5.80. The molecule has 0 unspecified atom stereocenters. The van der Waals surface area contributed by atoms with Crippen LogP contribution in [0.2, 0.25) is 0 Å². The van der Waals surface area contributed by atoms with Crippen molar-refractivity contribution < 1.29 is 36.4 Å². The van der Waals surface area contributed by atoms with Gasteiger partial charge in [0.05, 0.1) is 22.8 Å². The topological polar surface area (TPSA) is 114 Å². The van der Waals surface area contributed by atoms with Crippen LogP contribution in [0.25, 0.3) is 22.2 Å². The summed E-state index contributed by atoms with van der Waals surface area (Å²) in [5.41, 5.74) is 3.59. The zero-order chi connectivity index (χ0) is 30.2. The standard InChI is InChI=1S/C29H31F2N4O6P/c1-17-20(7-6-8-24(17)40-28(30)31)27(36)34-22-13-14-35-23-15-18(9-11-21(23)33-26(22)35)19-10-12-25(32-16-19)29(2,3)41-42(37,38-4)39-5/h6-12,15-16,22,28H,13-14H2,1-5H3,(H,34,36)/t22-/m1/s1. The maximum atomic E-state index is 13.1. The first-order valence-corrected chi connectivity index (χ1v) is 14.7. The van der Waals surface area contributed by atoms with E-state index in [-0.39, 0.29) is 23.3 Å². The predicted molar refractivity (Wildman–Crippen MR) is 151 cm³/mol.